The summed E-state index contributed by atoms with van der Waals surface area (Å²) in [4.78, 5) is 24.9. The number of nitrogens with one attached hydrogen (secondary N) is 1. The molecule has 2 rings (SSSR count). The highest BCUT2D eigenvalue weighted by molar-refractivity contribution is 5.82. The van der Waals surface area contributed by atoms with Crippen molar-refractivity contribution in [3.05, 3.63) is 35.4 Å². The minimum atomic E-state index is -5.12. The van der Waals surface area contributed by atoms with Crippen molar-refractivity contribution in [1.82, 2.24) is 10.2 Å². The molecule has 28 heavy (non-hydrogen) atoms. The number of hydrogen-bond donors (Lipinski definition) is 1. The van der Waals surface area contributed by atoms with E-state index in [2.05, 4.69) is 0 Å². The molecule has 0 spiro atoms. The molecule has 0 aliphatic carbocycles. The van der Waals surface area contributed by atoms with Crippen LogP contribution in [0.2, 0.25) is 0 Å². The quantitative estimate of drug-likeness (QED) is 0.759. The van der Waals surface area contributed by atoms with Gasteiger partial charge in [-0.05, 0) is 44.9 Å². The van der Waals surface area contributed by atoms with E-state index in [4.69, 9.17) is 4.74 Å². The first-order chi connectivity index (χ1) is 12.8. The van der Waals surface area contributed by atoms with E-state index in [1.165, 1.54) is 11.0 Å². The Bertz CT molecular complexity index is 746. The minimum absolute atomic E-state index is 0.122. The maximum absolute atomic E-state index is 13.6. The maximum Gasteiger partial charge on any atom is 0.471 e. The van der Waals surface area contributed by atoms with E-state index in [0.717, 1.165) is 12.1 Å². The van der Waals surface area contributed by atoms with E-state index in [1.54, 1.807) is 20.8 Å². The Morgan fingerprint density at radius 1 is 1.14 bits per heavy atom. The molecule has 2 amide bonds. The summed E-state index contributed by atoms with van der Waals surface area (Å²) in [6, 6.07) is 1.85. The number of carbonyl (C=O) groups excluding carboxylic acids is 2. The van der Waals surface area contributed by atoms with Gasteiger partial charge in [-0.15, -0.1) is 0 Å². The van der Waals surface area contributed by atoms with Gasteiger partial charge < -0.3 is 15.0 Å². The molecule has 0 unspecified atom stereocenters. The monoisotopic (exact) mass is 408 g/mol. The number of hydrogen-bond acceptors (Lipinski definition) is 3. The fourth-order valence-corrected chi connectivity index (χ4v) is 2.98. The van der Waals surface area contributed by atoms with E-state index < -0.39 is 47.4 Å². The van der Waals surface area contributed by atoms with Gasteiger partial charge in [0.25, 0.3) is 0 Å². The molecule has 1 fully saturated rings. The largest absolute Gasteiger partial charge is 0.471 e. The van der Waals surface area contributed by atoms with Crippen LogP contribution in [-0.2, 0) is 9.53 Å². The van der Waals surface area contributed by atoms with Gasteiger partial charge in [0.2, 0.25) is 0 Å². The first-order valence-corrected chi connectivity index (χ1v) is 8.58. The fourth-order valence-electron chi connectivity index (χ4n) is 2.98. The highest BCUT2D eigenvalue weighted by Crippen LogP contribution is 2.31. The van der Waals surface area contributed by atoms with Gasteiger partial charge in [-0.3, -0.25) is 4.79 Å². The molecule has 1 N–H and O–H groups in total. The van der Waals surface area contributed by atoms with Crippen molar-refractivity contribution < 1.29 is 36.3 Å². The SMILES string of the molecule is CC(C)(C)OC(=O)N1CC[C@H](c2ccc(F)c(F)c2)[C@H](NC(=O)C(F)(F)F)C1. The molecule has 0 aromatic heterocycles. The van der Waals surface area contributed by atoms with Gasteiger partial charge in [0.15, 0.2) is 11.6 Å². The molecule has 1 heterocycles. The van der Waals surface area contributed by atoms with Crippen molar-refractivity contribution >= 4 is 12.0 Å². The van der Waals surface area contributed by atoms with Crippen LogP contribution in [0.15, 0.2) is 18.2 Å². The Balaban J connectivity index is 2.26. The first-order valence-electron chi connectivity index (χ1n) is 8.58. The summed E-state index contributed by atoms with van der Waals surface area (Å²) >= 11 is 0. The van der Waals surface area contributed by atoms with Crippen LogP contribution >= 0.6 is 0 Å². The smallest absolute Gasteiger partial charge is 0.444 e. The number of halogens is 5. The molecule has 156 valence electrons. The Kier molecular flexibility index (Phi) is 6.20. The summed E-state index contributed by atoms with van der Waals surface area (Å²) in [5.74, 6) is -5.14. The molecule has 0 bridgehead atoms. The zero-order chi connectivity index (χ0) is 21.3. The van der Waals surface area contributed by atoms with Crippen molar-refractivity contribution in [2.24, 2.45) is 0 Å². The van der Waals surface area contributed by atoms with Crippen LogP contribution in [0, 0.1) is 11.6 Å². The highest BCUT2D eigenvalue weighted by atomic mass is 19.4. The zero-order valence-electron chi connectivity index (χ0n) is 15.6. The Hall–Kier alpha value is -2.39. The standard InChI is InChI=1S/C18H21F5N2O3/c1-17(2,3)28-16(27)25-7-6-11(10-4-5-12(19)13(20)8-10)14(9-25)24-15(26)18(21,22)23/h4-5,8,11,14H,6-7,9H2,1-3H3,(H,24,26)/t11-,14-/m1/s1. The number of nitrogens with zero attached hydrogens (tertiary/aromatic N) is 1. The second kappa shape index (κ2) is 7.92. The van der Waals surface area contributed by atoms with E-state index in [-0.39, 0.29) is 25.1 Å². The summed E-state index contributed by atoms with van der Waals surface area (Å²) in [7, 11) is 0. The second-order valence-corrected chi connectivity index (χ2v) is 7.57. The Morgan fingerprint density at radius 2 is 1.79 bits per heavy atom. The van der Waals surface area contributed by atoms with Crippen LogP contribution in [0.25, 0.3) is 0 Å². The summed E-state index contributed by atoms with van der Waals surface area (Å²) in [5, 5.41) is 1.86. The lowest BCUT2D eigenvalue weighted by atomic mass is 9.85. The predicted octanol–water partition coefficient (Wildman–Crippen LogP) is 3.74. The van der Waals surface area contributed by atoms with Gasteiger partial charge in [0.1, 0.15) is 5.60 Å². The minimum Gasteiger partial charge on any atom is -0.444 e. The molecule has 5 nitrogen and oxygen atoms in total. The molecule has 1 aromatic carbocycles. The van der Waals surface area contributed by atoms with Gasteiger partial charge in [-0.2, -0.15) is 13.2 Å². The van der Waals surface area contributed by atoms with Crippen molar-refractivity contribution in [2.45, 2.75) is 50.9 Å². The predicted molar refractivity (Wildman–Crippen MR) is 89.5 cm³/mol. The Labute approximate surface area is 158 Å². The number of ether oxygens (including phenoxy) is 1. The summed E-state index contributed by atoms with van der Waals surface area (Å²) in [6.45, 7) is 4.78. The zero-order valence-corrected chi connectivity index (χ0v) is 15.6. The molecular weight excluding hydrogens is 387 g/mol. The van der Waals surface area contributed by atoms with Crippen LogP contribution < -0.4 is 5.32 Å². The Morgan fingerprint density at radius 3 is 2.32 bits per heavy atom. The van der Waals surface area contributed by atoms with E-state index in [1.807, 2.05) is 5.32 Å². The molecule has 1 aromatic rings. The summed E-state index contributed by atoms with van der Waals surface area (Å²) in [5.41, 5.74) is -0.575. The molecule has 0 radical (unpaired) electrons. The van der Waals surface area contributed by atoms with Gasteiger partial charge in [-0.25, -0.2) is 13.6 Å². The van der Waals surface area contributed by atoms with Gasteiger partial charge in [0.05, 0.1) is 6.04 Å². The van der Waals surface area contributed by atoms with Crippen molar-refractivity contribution in [2.75, 3.05) is 13.1 Å². The highest BCUT2D eigenvalue weighted by Gasteiger charge is 2.43. The van der Waals surface area contributed by atoms with Crippen LogP contribution in [0.3, 0.4) is 0 Å². The lowest BCUT2D eigenvalue weighted by Gasteiger charge is -2.39. The number of carbonyl (C=O) groups is 2. The number of alkyl halides is 3. The van der Waals surface area contributed by atoms with Crippen LogP contribution in [0.4, 0.5) is 26.7 Å². The molecule has 1 aliphatic heterocycles. The van der Waals surface area contributed by atoms with E-state index in [0.29, 0.717) is 0 Å². The lowest BCUT2D eigenvalue weighted by molar-refractivity contribution is -0.174. The van der Waals surface area contributed by atoms with Gasteiger partial charge in [-0.1, -0.05) is 6.07 Å². The number of likely N-dealkylation sites (tertiary alicyclic amines) is 1. The molecule has 1 saturated heterocycles. The summed E-state index contributed by atoms with van der Waals surface area (Å²) in [6.07, 6.45) is -5.72. The van der Waals surface area contributed by atoms with Crippen LogP contribution in [0.1, 0.15) is 38.7 Å². The third kappa shape index (κ3) is 5.56. The normalized spacial score (nSPS) is 20.6. The second-order valence-electron chi connectivity index (χ2n) is 7.57. The molecule has 2 atom stereocenters. The number of benzene rings is 1. The molecule has 0 saturated carbocycles. The van der Waals surface area contributed by atoms with E-state index in [9.17, 15) is 31.5 Å². The third-order valence-corrected chi connectivity index (χ3v) is 4.21. The average Bonchev–Trinajstić information content (AvgIpc) is 2.55. The maximum atomic E-state index is 13.6. The fraction of sp³-hybridized carbons (Fsp3) is 0.556. The van der Waals surface area contributed by atoms with Gasteiger partial charge in [0, 0.05) is 19.0 Å². The molecule has 1 aliphatic rings. The number of rotatable bonds is 2. The topological polar surface area (TPSA) is 58.6 Å². The molecular formula is C18H21F5N2O3. The van der Waals surface area contributed by atoms with Crippen molar-refractivity contribution in [1.29, 1.82) is 0 Å². The number of piperidine rings is 1. The summed E-state index contributed by atoms with van der Waals surface area (Å²) < 4.78 is 70.1. The first kappa shape index (κ1) is 21.9. The third-order valence-electron chi connectivity index (χ3n) is 4.21. The van der Waals surface area contributed by atoms with Crippen molar-refractivity contribution in [3.63, 3.8) is 0 Å². The van der Waals surface area contributed by atoms with Crippen LogP contribution in [0.5, 0.6) is 0 Å². The average molecular weight is 408 g/mol. The number of amides is 2. The van der Waals surface area contributed by atoms with Gasteiger partial charge >= 0.3 is 18.2 Å². The van der Waals surface area contributed by atoms with Crippen LogP contribution in [-0.4, -0.2) is 47.8 Å². The lowest BCUT2D eigenvalue weighted by Crippen LogP contribution is -2.56. The van der Waals surface area contributed by atoms with E-state index >= 15 is 0 Å². The molecule has 10 heteroatoms. The van der Waals surface area contributed by atoms with Crippen molar-refractivity contribution in [3.8, 4) is 0 Å².